The quantitative estimate of drug-likeness (QED) is 0.0906. The molecule has 0 heterocycles. The van der Waals surface area contributed by atoms with Gasteiger partial charge in [-0.3, -0.25) is 4.79 Å². The van der Waals surface area contributed by atoms with Crippen molar-refractivity contribution in [3.05, 3.63) is 96.1 Å². The van der Waals surface area contributed by atoms with Crippen LogP contribution in [0.4, 0.5) is 13.2 Å². The summed E-state index contributed by atoms with van der Waals surface area (Å²) < 4.78 is 53.9. The van der Waals surface area contributed by atoms with Crippen LogP contribution >= 0.6 is 0 Å². The number of carbonyl (C=O) groups excluding carboxylic acids is 1. The van der Waals surface area contributed by atoms with Crippen LogP contribution in [0.15, 0.2) is 79.1 Å². The first-order chi connectivity index (χ1) is 17.6. The first kappa shape index (κ1) is 34.1. The molecule has 2 atom stereocenters. The van der Waals surface area contributed by atoms with Crippen molar-refractivity contribution in [2.24, 2.45) is 5.92 Å². The third-order valence-electron chi connectivity index (χ3n) is 5.87. The third kappa shape index (κ3) is 11.8. The van der Waals surface area contributed by atoms with E-state index in [2.05, 4.69) is 38.8 Å². The van der Waals surface area contributed by atoms with E-state index in [-0.39, 0.29) is 11.7 Å². The minimum Gasteiger partial charge on any atom is -0.429 e. The molecule has 0 bridgehead atoms. The van der Waals surface area contributed by atoms with Crippen molar-refractivity contribution in [1.82, 2.24) is 0 Å². The molecule has 0 aliphatic heterocycles. The summed E-state index contributed by atoms with van der Waals surface area (Å²) in [4.78, 5) is 9.06. The second-order valence-electron chi connectivity index (χ2n) is 8.30. The highest BCUT2D eigenvalue weighted by Crippen LogP contribution is 2.37. The number of ether oxygens (including phenoxy) is 2. The Hall–Kier alpha value is -2.86. The lowest BCUT2D eigenvalue weighted by molar-refractivity contribution is -0.222. The molecule has 2 rings (SSSR count). The Bertz CT molecular complexity index is 926. The Morgan fingerprint density at radius 1 is 1.16 bits per heavy atom. The van der Waals surface area contributed by atoms with Crippen molar-refractivity contribution < 1.29 is 27.4 Å². The number of halogens is 3. The van der Waals surface area contributed by atoms with Crippen molar-refractivity contribution in [2.75, 3.05) is 13.7 Å². The van der Waals surface area contributed by atoms with Gasteiger partial charge in [0.05, 0.1) is 12.2 Å². The van der Waals surface area contributed by atoms with Crippen LogP contribution in [-0.2, 0) is 20.4 Å². The van der Waals surface area contributed by atoms with Crippen LogP contribution in [0.2, 0.25) is 0 Å². The number of aldehydes is 1. The van der Waals surface area contributed by atoms with Gasteiger partial charge in [-0.2, -0.15) is 8.78 Å². The van der Waals surface area contributed by atoms with E-state index in [1.165, 1.54) is 18.2 Å². The van der Waals surface area contributed by atoms with Gasteiger partial charge in [-0.05, 0) is 73.4 Å². The summed E-state index contributed by atoms with van der Waals surface area (Å²) in [7, 11) is 1.56. The van der Waals surface area contributed by atoms with Gasteiger partial charge in [0, 0.05) is 13.0 Å². The molecule has 0 N–H and O–H groups in total. The predicted octanol–water partition coefficient (Wildman–Crippen LogP) is 9.19. The second kappa shape index (κ2) is 18.4. The summed E-state index contributed by atoms with van der Waals surface area (Å²) in [6.07, 6.45) is 7.71. The molecule has 1 aromatic carbocycles. The molecular formula is C31H43F3O3. The summed E-state index contributed by atoms with van der Waals surface area (Å²) in [5, 5.41) is 0. The van der Waals surface area contributed by atoms with Gasteiger partial charge in [-0.1, -0.05) is 71.2 Å². The Kier molecular flexibility index (Phi) is 17.0. The van der Waals surface area contributed by atoms with Gasteiger partial charge >= 0.3 is 6.11 Å². The molecule has 37 heavy (non-hydrogen) atoms. The van der Waals surface area contributed by atoms with Crippen LogP contribution < -0.4 is 0 Å². The standard InChI is InChI=1S/C26H33F3O2.C3H4O.C2H6/c1-6-18(3)22(14-15-30-5)16-19(4)31-26(28,29)24-13-12-23(17-25(24)27)21-10-8-20(7-2)9-11-21;1-2-3-4;1-2/h8,10,12-13,16-17,20-21H,3-4,6-7,9,11,14-15H2,1-2,5H3;2-3H,1H2;1-2H3/b22-16-;;. The summed E-state index contributed by atoms with van der Waals surface area (Å²) in [6.45, 7) is 19.1. The minimum absolute atomic E-state index is 0.0437. The maximum absolute atomic E-state index is 14.7. The van der Waals surface area contributed by atoms with Crippen LogP contribution in [-0.4, -0.2) is 20.0 Å². The molecule has 6 heteroatoms. The zero-order valence-corrected chi connectivity index (χ0v) is 23.0. The summed E-state index contributed by atoms with van der Waals surface area (Å²) in [5.74, 6) is -0.658. The number of alkyl halides is 2. The van der Waals surface area contributed by atoms with E-state index in [1.807, 2.05) is 20.8 Å². The van der Waals surface area contributed by atoms with Gasteiger partial charge in [0.25, 0.3) is 0 Å². The normalized spacial score (nSPS) is 16.9. The molecule has 0 saturated carbocycles. The molecule has 0 saturated heterocycles. The first-order valence-electron chi connectivity index (χ1n) is 12.8. The highest BCUT2D eigenvalue weighted by Gasteiger charge is 2.38. The molecule has 0 radical (unpaired) electrons. The number of allylic oxidation sites excluding steroid dienone is 5. The van der Waals surface area contributed by atoms with E-state index in [0.717, 1.165) is 36.5 Å². The fourth-order valence-electron chi connectivity index (χ4n) is 3.73. The molecule has 1 aromatic rings. The van der Waals surface area contributed by atoms with Crippen LogP contribution in [0, 0.1) is 11.7 Å². The monoisotopic (exact) mass is 520 g/mol. The molecular weight excluding hydrogens is 477 g/mol. The highest BCUT2D eigenvalue weighted by molar-refractivity contribution is 5.63. The fraction of sp³-hybridized carbons (Fsp3) is 0.452. The van der Waals surface area contributed by atoms with E-state index in [1.54, 1.807) is 13.2 Å². The average Bonchev–Trinajstić information content (AvgIpc) is 2.91. The largest absolute Gasteiger partial charge is 0.429 e. The van der Waals surface area contributed by atoms with Gasteiger partial charge in [0.2, 0.25) is 0 Å². The van der Waals surface area contributed by atoms with Crippen LogP contribution in [0.3, 0.4) is 0 Å². The Balaban J connectivity index is 0.00000196. The maximum atomic E-state index is 14.7. The lowest BCUT2D eigenvalue weighted by Gasteiger charge is -2.24. The van der Waals surface area contributed by atoms with E-state index in [9.17, 15) is 13.2 Å². The maximum Gasteiger partial charge on any atom is 0.429 e. The van der Waals surface area contributed by atoms with Gasteiger partial charge < -0.3 is 9.47 Å². The SMILES string of the molecule is C=C(/C=C(/CCOC)C(=C)CC)OC(F)(F)c1ccc(C2C=CC(CC)CC2)cc1F.C=CC=O.CC. The number of carbonyl (C=O) groups is 1. The average molecular weight is 521 g/mol. The zero-order chi connectivity index (χ0) is 28.4. The van der Waals surface area contributed by atoms with Crippen LogP contribution in [0.5, 0.6) is 0 Å². The second-order valence-corrected chi connectivity index (χ2v) is 8.30. The van der Waals surface area contributed by atoms with Gasteiger partial charge in [0.1, 0.15) is 17.9 Å². The lowest BCUT2D eigenvalue weighted by Crippen LogP contribution is -2.19. The predicted molar refractivity (Wildman–Crippen MR) is 147 cm³/mol. The molecule has 0 aromatic heterocycles. The Morgan fingerprint density at radius 2 is 1.81 bits per heavy atom. The van der Waals surface area contributed by atoms with Crippen molar-refractivity contribution >= 4 is 6.29 Å². The van der Waals surface area contributed by atoms with E-state index in [4.69, 9.17) is 14.3 Å². The molecule has 0 amide bonds. The van der Waals surface area contributed by atoms with E-state index >= 15 is 0 Å². The van der Waals surface area contributed by atoms with Gasteiger partial charge in [-0.25, -0.2) is 4.39 Å². The van der Waals surface area contributed by atoms with Crippen LogP contribution in [0.1, 0.15) is 76.8 Å². The number of rotatable bonds is 12. The molecule has 1 aliphatic carbocycles. The van der Waals surface area contributed by atoms with Crippen molar-refractivity contribution in [3.63, 3.8) is 0 Å². The number of methoxy groups -OCH3 is 1. The summed E-state index contributed by atoms with van der Waals surface area (Å²) >= 11 is 0. The third-order valence-corrected chi connectivity index (χ3v) is 5.87. The molecule has 2 unspecified atom stereocenters. The summed E-state index contributed by atoms with van der Waals surface area (Å²) in [5.41, 5.74) is 1.40. The number of hydrogen-bond acceptors (Lipinski definition) is 3. The molecule has 0 spiro atoms. The van der Waals surface area contributed by atoms with Crippen LogP contribution in [0.25, 0.3) is 0 Å². The highest BCUT2D eigenvalue weighted by atomic mass is 19.3. The number of benzene rings is 1. The van der Waals surface area contributed by atoms with Crippen molar-refractivity contribution in [1.29, 1.82) is 0 Å². The first-order valence-corrected chi connectivity index (χ1v) is 12.8. The lowest BCUT2D eigenvalue weighted by atomic mass is 9.83. The molecule has 1 aliphatic rings. The van der Waals surface area contributed by atoms with E-state index in [0.29, 0.717) is 37.2 Å². The fourth-order valence-corrected chi connectivity index (χ4v) is 3.73. The molecule has 3 nitrogen and oxygen atoms in total. The van der Waals surface area contributed by atoms with E-state index < -0.39 is 17.5 Å². The zero-order valence-electron chi connectivity index (χ0n) is 23.0. The topological polar surface area (TPSA) is 35.5 Å². The van der Waals surface area contributed by atoms with Gasteiger partial charge in [-0.15, -0.1) is 0 Å². The smallest absolute Gasteiger partial charge is 0.429 e. The molecule has 0 fully saturated rings. The number of hydrogen-bond donors (Lipinski definition) is 0. The Labute approximate surface area is 221 Å². The van der Waals surface area contributed by atoms with Gasteiger partial charge in [0.15, 0.2) is 0 Å². The Morgan fingerprint density at radius 3 is 2.27 bits per heavy atom. The van der Waals surface area contributed by atoms with Crippen molar-refractivity contribution in [3.8, 4) is 0 Å². The van der Waals surface area contributed by atoms with Crippen molar-refractivity contribution in [2.45, 2.75) is 71.8 Å². The minimum atomic E-state index is -3.84. The summed E-state index contributed by atoms with van der Waals surface area (Å²) in [6, 6.07) is 3.85. The molecule has 206 valence electrons.